The molecule has 1 aliphatic rings. The van der Waals surface area contributed by atoms with Gasteiger partial charge in [0.05, 0.1) is 17.0 Å². The number of benzene rings is 3. The zero-order valence-corrected chi connectivity index (χ0v) is 21.2. The fourth-order valence-corrected chi connectivity index (χ4v) is 3.72. The van der Waals surface area contributed by atoms with Gasteiger partial charge >= 0.3 is 0 Å². The lowest BCUT2D eigenvalue weighted by Gasteiger charge is -2.13. The average Bonchev–Trinajstić information content (AvgIpc) is 3.16. The third-order valence-corrected chi connectivity index (χ3v) is 5.70. The Labute approximate surface area is 212 Å². The van der Waals surface area contributed by atoms with E-state index in [2.05, 4.69) is 41.7 Å². The maximum Gasteiger partial charge on any atom is 0.282 e. The summed E-state index contributed by atoms with van der Waals surface area (Å²) in [6.45, 7) is 7.45. The van der Waals surface area contributed by atoms with Gasteiger partial charge in [-0.1, -0.05) is 50.2 Å². The smallest absolute Gasteiger partial charge is 0.282 e. The van der Waals surface area contributed by atoms with Gasteiger partial charge in [0.25, 0.3) is 5.91 Å². The molecule has 0 fully saturated rings. The summed E-state index contributed by atoms with van der Waals surface area (Å²) in [5, 5.41) is 11.7. The molecule has 0 aromatic heterocycles. The Morgan fingerprint density at radius 2 is 1.56 bits per heavy atom. The number of carbonyl (C=O) groups excluding carboxylic acids is 2. The molecule has 1 aliphatic heterocycles. The monoisotopic (exact) mass is 483 g/mol. The van der Waals surface area contributed by atoms with Gasteiger partial charge in [0.15, 0.2) is 0 Å². The second-order valence-corrected chi connectivity index (χ2v) is 8.30. The van der Waals surface area contributed by atoms with Crippen molar-refractivity contribution in [3.05, 3.63) is 95.7 Å². The first-order valence-corrected chi connectivity index (χ1v) is 12.0. The molecule has 0 saturated carbocycles. The number of rotatable bonds is 6. The van der Waals surface area contributed by atoms with Crippen molar-refractivity contribution >= 4 is 40.3 Å². The third kappa shape index (κ3) is 6.60. The normalized spacial score (nSPS) is 13.7. The Hall–Kier alpha value is -4.39. The number of nitrogens with one attached hydrogen (secondary N) is 2. The molecule has 2 amide bonds. The molecule has 0 spiro atoms. The highest BCUT2D eigenvalue weighted by Gasteiger charge is 2.28. The highest BCUT2D eigenvalue weighted by atomic mass is 16.2. The maximum atomic E-state index is 12.8. The number of hydrogen-bond acceptors (Lipinski definition) is 5. The topological polar surface area (TPSA) is 99.8 Å². The Balaban J connectivity index is 0.000000338. The summed E-state index contributed by atoms with van der Waals surface area (Å²) in [5.41, 5.74) is 12.4. The number of amides is 2. The zero-order valence-electron chi connectivity index (χ0n) is 21.2. The third-order valence-electron chi connectivity index (χ3n) is 5.70. The summed E-state index contributed by atoms with van der Waals surface area (Å²) in [7, 11) is 0. The van der Waals surface area contributed by atoms with Crippen molar-refractivity contribution < 1.29 is 9.59 Å². The molecule has 4 rings (SSSR count). The molecule has 3 aromatic rings. The summed E-state index contributed by atoms with van der Waals surface area (Å²) in [6.07, 6.45) is 3.63. The van der Waals surface area contributed by atoms with Crippen LogP contribution in [0.1, 0.15) is 38.8 Å². The Morgan fingerprint density at radius 1 is 0.944 bits per heavy atom. The van der Waals surface area contributed by atoms with E-state index in [1.54, 1.807) is 30.5 Å². The fraction of sp³-hybridized carbons (Fsp3) is 0.207. The molecular weight excluding hydrogens is 450 g/mol. The molecule has 0 bridgehead atoms. The van der Waals surface area contributed by atoms with Crippen LogP contribution < -0.4 is 21.4 Å². The van der Waals surface area contributed by atoms with Gasteiger partial charge in [-0.3, -0.25) is 9.59 Å². The SMILES string of the molecule is CCc1ccccc1N.CCc1ccccc1N/C=C1/C(=O)N(c2ccc(NC(C)=O)cc2)N=C1C. The molecule has 36 heavy (non-hydrogen) atoms. The van der Waals surface area contributed by atoms with Crippen molar-refractivity contribution in [1.82, 2.24) is 0 Å². The molecule has 0 saturated heterocycles. The van der Waals surface area contributed by atoms with Crippen molar-refractivity contribution in [1.29, 1.82) is 0 Å². The molecule has 0 aliphatic carbocycles. The highest BCUT2D eigenvalue weighted by Crippen LogP contribution is 2.25. The minimum absolute atomic E-state index is 0.141. The highest BCUT2D eigenvalue weighted by molar-refractivity contribution is 6.29. The van der Waals surface area contributed by atoms with Gasteiger partial charge < -0.3 is 16.4 Å². The number of nitrogens with two attached hydrogens (primary N) is 1. The lowest BCUT2D eigenvalue weighted by atomic mass is 10.1. The van der Waals surface area contributed by atoms with E-state index in [0.717, 1.165) is 24.2 Å². The summed E-state index contributed by atoms with van der Waals surface area (Å²) in [5.74, 6) is -0.334. The van der Waals surface area contributed by atoms with Crippen LogP contribution in [0.3, 0.4) is 0 Å². The van der Waals surface area contributed by atoms with E-state index < -0.39 is 0 Å². The van der Waals surface area contributed by atoms with Gasteiger partial charge in [0.2, 0.25) is 5.91 Å². The van der Waals surface area contributed by atoms with Crippen LogP contribution in [0.5, 0.6) is 0 Å². The standard InChI is InChI=1S/C21H22N4O2.C8H11N/c1-4-16-7-5-6-8-20(16)22-13-19-14(2)24-25(21(19)27)18-11-9-17(10-12-18)23-15(3)26;1-2-7-5-3-4-6-8(7)9/h5-13,22H,4H2,1-3H3,(H,23,26);3-6H,2,9H2,1H3/b19-13+;. The summed E-state index contributed by atoms with van der Waals surface area (Å²) in [6, 6.07) is 22.9. The van der Waals surface area contributed by atoms with E-state index >= 15 is 0 Å². The first-order valence-electron chi connectivity index (χ1n) is 12.0. The average molecular weight is 484 g/mol. The van der Waals surface area contributed by atoms with Crippen LogP contribution in [0.25, 0.3) is 0 Å². The van der Waals surface area contributed by atoms with Gasteiger partial charge in [0, 0.05) is 30.2 Å². The van der Waals surface area contributed by atoms with Gasteiger partial charge in [-0.25, -0.2) is 0 Å². The van der Waals surface area contributed by atoms with Crippen LogP contribution in [0.4, 0.5) is 22.7 Å². The zero-order chi connectivity index (χ0) is 26.1. The molecule has 186 valence electrons. The predicted molar refractivity (Wildman–Crippen MR) is 149 cm³/mol. The number of carbonyl (C=O) groups is 2. The summed E-state index contributed by atoms with van der Waals surface area (Å²) >= 11 is 0. The van der Waals surface area contributed by atoms with E-state index in [9.17, 15) is 9.59 Å². The summed E-state index contributed by atoms with van der Waals surface area (Å²) < 4.78 is 0. The van der Waals surface area contributed by atoms with Crippen LogP contribution in [0.15, 0.2) is 89.7 Å². The second-order valence-electron chi connectivity index (χ2n) is 8.30. The van der Waals surface area contributed by atoms with Crippen LogP contribution in [-0.2, 0) is 22.4 Å². The van der Waals surface area contributed by atoms with E-state index in [4.69, 9.17) is 5.73 Å². The van der Waals surface area contributed by atoms with Crippen molar-refractivity contribution in [3.63, 3.8) is 0 Å². The van der Waals surface area contributed by atoms with Gasteiger partial charge in [-0.2, -0.15) is 10.1 Å². The van der Waals surface area contributed by atoms with E-state index in [-0.39, 0.29) is 11.8 Å². The van der Waals surface area contributed by atoms with E-state index in [0.29, 0.717) is 22.7 Å². The van der Waals surface area contributed by atoms with E-state index in [1.807, 2.05) is 43.3 Å². The van der Waals surface area contributed by atoms with Gasteiger partial charge in [0.1, 0.15) is 0 Å². The van der Waals surface area contributed by atoms with Crippen molar-refractivity contribution in [2.75, 3.05) is 21.4 Å². The Morgan fingerprint density at radius 3 is 2.14 bits per heavy atom. The number of nitrogen functional groups attached to an aromatic ring is 1. The molecular formula is C29H33N5O2. The lowest BCUT2D eigenvalue weighted by Crippen LogP contribution is -2.21. The second kappa shape index (κ2) is 12.4. The van der Waals surface area contributed by atoms with Crippen LogP contribution in [0, 0.1) is 0 Å². The number of para-hydroxylation sites is 2. The van der Waals surface area contributed by atoms with Crippen molar-refractivity contribution in [2.24, 2.45) is 5.10 Å². The van der Waals surface area contributed by atoms with Gasteiger partial charge in [-0.05, 0) is 67.3 Å². The minimum atomic E-state index is -0.193. The number of anilines is 4. The number of hydrogen-bond donors (Lipinski definition) is 3. The molecule has 4 N–H and O–H groups in total. The number of aryl methyl sites for hydroxylation is 2. The first-order chi connectivity index (χ1) is 17.3. The number of hydrazone groups is 1. The lowest BCUT2D eigenvalue weighted by molar-refractivity contribution is -0.115. The van der Waals surface area contributed by atoms with E-state index in [1.165, 1.54) is 23.1 Å². The van der Waals surface area contributed by atoms with Gasteiger partial charge in [-0.15, -0.1) is 0 Å². The van der Waals surface area contributed by atoms with Crippen molar-refractivity contribution in [3.8, 4) is 0 Å². The summed E-state index contributed by atoms with van der Waals surface area (Å²) in [4.78, 5) is 23.9. The molecule has 1 heterocycles. The fourth-order valence-electron chi connectivity index (χ4n) is 3.72. The number of nitrogens with zero attached hydrogens (tertiary/aromatic N) is 2. The molecule has 0 radical (unpaired) electrons. The predicted octanol–water partition coefficient (Wildman–Crippen LogP) is 5.76. The molecule has 0 unspecified atom stereocenters. The maximum absolute atomic E-state index is 12.8. The molecule has 3 aromatic carbocycles. The van der Waals surface area contributed by atoms with Crippen LogP contribution in [-0.4, -0.2) is 17.5 Å². The molecule has 7 nitrogen and oxygen atoms in total. The quantitative estimate of drug-likeness (QED) is 0.307. The molecule has 7 heteroatoms. The van der Waals surface area contributed by atoms with Crippen LogP contribution in [0.2, 0.25) is 0 Å². The first kappa shape index (κ1) is 26.2. The molecule has 0 atom stereocenters. The minimum Gasteiger partial charge on any atom is -0.399 e. The van der Waals surface area contributed by atoms with Crippen molar-refractivity contribution in [2.45, 2.75) is 40.5 Å². The largest absolute Gasteiger partial charge is 0.399 e. The Bertz CT molecular complexity index is 1280. The Kier molecular flexibility index (Phi) is 9.00. The van der Waals surface area contributed by atoms with Crippen LogP contribution >= 0.6 is 0 Å².